The number of hydrogen-bond acceptors (Lipinski definition) is 3. The molecular weight excluding hydrogens is 274 g/mol. The maximum Gasteiger partial charge on any atom is 0.0900 e. The Morgan fingerprint density at radius 2 is 2.36 bits per heavy atom. The lowest BCUT2D eigenvalue weighted by Crippen LogP contribution is -2.39. The molecule has 0 bridgehead atoms. The summed E-state index contributed by atoms with van der Waals surface area (Å²) in [4.78, 5) is 2.33. The standard InChI is InChI=1S/C19H27NO2/c1-15-6-5-9-19(15)22-14-18(21)13-20-11-10-16-7-3-2-4-8-17(16)12-20/h4,8,15,18-19,21H,5-7,9-14H2,1H3. The first kappa shape index (κ1) is 15.8. The lowest BCUT2D eigenvalue weighted by Gasteiger charge is -2.31. The first-order valence-corrected chi connectivity index (χ1v) is 8.60. The van der Waals surface area contributed by atoms with Gasteiger partial charge in [0.15, 0.2) is 0 Å². The number of β-amino-alcohol motifs (C(OH)–C–C–N with tert-alkyl or cyclic N) is 1. The van der Waals surface area contributed by atoms with E-state index in [-0.39, 0.29) is 6.10 Å². The SMILES string of the molecule is CC1CCCC1OCC(O)CN1CCC2=C(C=CC#CC2)C1. The highest BCUT2D eigenvalue weighted by atomic mass is 16.5. The van der Waals surface area contributed by atoms with Crippen LogP contribution in [0.2, 0.25) is 0 Å². The molecule has 3 atom stereocenters. The van der Waals surface area contributed by atoms with Crippen molar-refractivity contribution < 1.29 is 9.84 Å². The summed E-state index contributed by atoms with van der Waals surface area (Å²) in [5, 5.41) is 10.3. The Morgan fingerprint density at radius 3 is 3.18 bits per heavy atom. The van der Waals surface area contributed by atoms with Crippen LogP contribution in [0.1, 0.15) is 39.0 Å². The predicted octanol–water partition coefficient (Wildman–Crippen LogP) is 2.52. The maximum absolute atomic E-state index is 10.3. The molecule has 2 aliphatic carbocycles. The Balaban J connectivity index is 1.44. The molecule has 0 amide bonds. The van der Waals surface area contributed by atoms with Gasteiger partial charge in [-0.1, -0.05) is 30.8 Å². The van der Waals surface area contributed by atoms with Crippen molar-refractivity contribution in [1.82, 2.24) is 4.90 Å². The molecule has 1 N–H and O–H groups in total. The topological polar surface area (TPSA) is 32.7 Å². The van der Waals surface area contributed by atoms with Gasteiger partial charge in [-0.3, -0.25) is 4.90 Å². The molecule has 0 aromatic rings. The monoisotopic (exact) mass is 301 g/mol. The van der Waals surface area contributed by atoms with E-state index in [1.807, 2.05) is 6.08 Å². The third-order valence-corrected chi connectivity index (χ3v) is 5.10. The van der Waals surface area contributed by atoms with Gasteiger partial charge in [-0.2, -0.15) is 0 Å². The van der Waals surface area contributed by atoms with Crippen molar-refractivity contribution >= 4 is 0 Å². The molecule has 1 heterocycles. The van der Waals surface area contributed by atoms with Crippen molar-refractivity contribution in [2.24, 2.45) is 5.92 Å². The van der Waals surface area contributed by atoms with E-state index in [1.54, 1.807) is 0 Å². The molecule has 1 fully saturated rings. The van der Waals surface area contributed by atoms with Crippen LogP contribution in [0.5, 0.6) is 0 Å². The van der Waals surface area contributed by atoms with Crippen molar-refractivity contribution in [3.8, 4) is 11.8 Å². The smallest absolute Gasteiger partial charge is 0.0900 e. The molecule has 22 heavy (non-hydrogen) atoms. The number of aliphatic hydroxyl groups is 1. The average Bonchev–Trinajstić information content (AvgIpc) is 2.78. The van der Waals surface area contributed by atoms with Crippen LogP contribution in [-0.4, -0.2) is 48.5 Å². The molecule has 0 aromatic carbocycles. The highest BCUT2D eigenvalue weighted by molar-refractivity contribution is 5.38. The Morgan fingerprint density at radius 1 is 1.45 bits per heavy atom. The van der Waals surface area contributed by atoms with E-state index < -0.39 is 0 Å². The van der Waals surface area contributed by atoms with E-state index in [2.05, 4.69) is 29.7 Å². The zero-order valence-corrected chi connectivity index (χ0v) is 13.6. The van der Waals surface area contributed by atoms with Gasteiger partial charge in [0.25, 0.3) is 0 Å². The number of ether oxygens (including phenoxy) is 1. The summed E-state index contributed by atoms with van der Waals surface area (Å²) in [5.41, 5.74) is 2.85. The molecule has 3 aliphatic rings. The molecular formula is C19H27NO2. The molecule has 0 saturated heterocycles. The molecule has 3 rings (SSSR count). The fourth-order valence-corrected chi connectivity index (χ4v) is 3.72. The van der Waals surface area contributed by atoms with Crippen LogP contribution >= 0.6 is 0 Å². The van der Waals surface area contributed by atoms with Gasteiger partial charge < -0.3 is 9.84 Å². The third kappa shape index (κ3) is 4.01. The summed E-state index contributed by atoms with van der Waals surface area (Å²) in [7, 11) is 0. The van der Waals surface area contributed by atoms with Gasteiger partial charge >= 0.3 is 0 Å². The van der Waals surface area contributed by atoms with E-state index in [1.165, 1.54) is 24.0 Å². The van der Waals surface area contributed by atoms with Crippen LogP contribution in [0.15, 0.2) is 23.3 Å². The van der Waals surface area contributed by atoms with Crippen molar-refractivity contribution in [2.75, 3.05) is 26.2 Å². The molecule has 3 nitrogen and oxygen atoms in total. The van der Waals surface area contributed by atoms with E-state index in [0.29, 0.717) is 25.2 Å². The van der Waals surface area contributed by atoms with Gasteiger partial charge in [-0.25, -0.2) is 0 Å². The molecule has 0 radical (unpaired) electrons. The lowest BCUT2D eigenvalue weighted by atomic mass is 9.97. The number of nitrogens with zero attached hydrogens (tertiary/aromatic N) is 1. The van der Waals surface area contributed by atoms with Gasteiger partial charge in [0.05, 0.1) is 18.8 Å². The number of aliphatic hydroxyl groups excluding tert-OH is 1. The number of allylic oxidation sites excluding steroid dienone is 1. The number of rotatable bonds is 5. The van der Waals surface area contributed by atoms with Gasteiger partial charge in [0.1, 0.15) is 0 Å². The minimum atomic E-state index is -0.388. The average molecular weight is 301 g/mol. The van der Waals surface area contributed by atoms with Crippen molar-refractivity contribution in [3.05, 3.63) is 23.3 Å². The minimum absolute atomic E-state index is 0.354. The molecule has 1 aliphatic heterocycles. The fourth-order valence-electron chi connectivity index (χ4n) is 3.72. The maximum atomic E-state index is 10.3. The van der Waals surface area contributed by atoms with Gasteiger partial charge in [-0.15, -0.1) is 0 Å². The van der Waals surface area contributed by atoms with Crippen LogP contribution < -0.4 is 0 Å². The van der Waals surface area contributed by atoms with E-state index in [9.17, 15) is 5.11 Å². The van der Waals surface area contributed by atoms with Gasteiger partial charge in [0.2, 0.25) is 0 Å². The molecule has 3 unspecified atom stereocenters. The summed E-state index contributed by atoms with van der Waals surface area (Å²) in [5.74, 6) is 6.87. The van der Waals surface area contributed by atoms with Crippen molar-refractivity contribution in [2.45, 2.75) is 51.2 Å². The van der Waals surface area contributed by atoms with Crippen molar-refractivity contribution in [1.29, 1.82) is 0 Å². The Bertz CT molecular complexity index is 511. The largest absolute Gasteiger partial charge is 0.389 e. The molecule has 3 heteroatoms. The molecule has 0 aromatic heterocycles. The van der Waals surface area contributed by atoms with E-state index >= 15 is 0 Å². The quantitative estimate of drug-likeness (QED) is 0.792. The van der Waals surface area contributed by atoms with Gasteiger partial charge in [-0.05, 0) is 42.9 Å². The summed E-state index contributed by atoms with van der Waals surface area (Å²) in [6.45, 7) is 5.36. The zero-order chi connectivity index (χ0) is 15.4. The predicted molar refractivity (Wildman–Crippen MR) is 88.4 cm³/mol. The summed E-state index contributed by atoms with van der Waals surface area (Å²) >= 11 is 0. The molecule has 1 saturated carbocycles. The second kappa shape index (κ2) is 7.46. The molecule has 0 spiro atoms. The second-order valence-corrected chi connectivity index (χ2v) is 6.88. The van der Waals surface area contributed by atoms with E-state index in [0.717, 1.165) is 32.4 Å². The van der Waals surface area contributed by atoms with Crippen LogP contribution in [0, 0.1) is 17.8 Å². The highest BCUT2D eigenvalue weighted by Crippen LogP contribution is 2.28. The van der Waals surface area contributed by atoms with Crippen LogP contribution in [0.4, 0.5) is 0 Å². The fraction of sp³-hybridized carbons (Fsp3) is 0.684. The Hall–Kier alpha value is -1.08. The lowest BCUT2D eigenvalue weighted by molar-refractivity contribution is -0.0313. The van der Waals surface area contributed by atoms with E-state index in [4.69, 9.17) is 4.74 Å². The Labute approximate surface area is 134 Å². The first-order chi connectivity index (χ1) is 10.7. The first-order valence-electron chi connectivity index (χ1n) is 8.60. The van der Waals surface area contributed by atoms with Crippen molar-refractivity contribution in [3.63, 3.8) is 0 Å². The highest BCUT2D eigenvalue weighted by Gasteiger charge is 2.25. The zero-order valence-electron chi connectivity index (χ0n) is 13.6. The third-order valence-electron chi connectivity index (χ3n) is 5.10. The minimum Gasteiger partial charge on any atom is -0.389 e. The normalized spacial score (nSPS) is 29.7. The van der Waals surface area contributed by atoms with Crippen LogP contribution in [0.3, 0.4) is 0 Å². The number of hydrogen-bond donors (Lipinski definition) is 1. The summed E-state index contributed by atoms with van der Waals surface area (Å²) in [6, 6.07) is 0. The second-order valence-electron chi connectivity index (χ2n) is 6.88. The van der Waals surface area contributed by atoms with Gasteiger partial charge in [0, 0.05) is 26.1 Å². The summed E-state index contributed by atoms with van der Waals surface area (Å²) in [6.07, 6.45) is 9.71. The molecule has 120 valence electrons. The Kier molecular flexibility index (Phi) is 5.36. The van der Waals surface area contributed by atoms with Crippen LogP contribution in [-0.2, 0) is 4.74 Å². The summed E-state index contributed by atoms with van der Waals surface area (Å²) < 4.78 is 5.92. The van der Waals surface area contributed by atoms with Crippen LogP contribution in [0.25, 0.3) is 0 Å².